The highest BCUT2D eigenvalue weighted by molar-refractivity contribution is 5.74. The number of allylic oxidation sites excluding steroid dienone is 8. The molecule has 7 aliphatic rings. The Kier molecular flexibility index (Phi) is 5.98. The highest BCUT2D eigenvalue weighted by atomic mass is 14.9. The molecule has 42 heavy (non-hydrogen) atoms. The van der Waals surface area contributed by atoms with E-state index >= 15 is 0 Å². The Labute approximate surface area is 251 Å². The third-order valence-corrected chi connectivity index (χ3v) is 11.7. The molecule has 2 aromatic rings. The van der Waals surface area contributed by atoms with Crippen LogP contribution in [0.2, 0.25) is 0 Å². The van der Waals surface area contributed by atoms with Crippen molar-refractivity contribution in [3.8, 4) is 0 Å². The third kappa shape index (κ3) is 3.98. The van der Waals surface area contributed by atoms with Crippen molar-refractivity contribution in [2.24, 2.45) is 23.2 Å². The van der Waals surface area contributed by atoms with Gasteiger partial charge in [-0.05, 0) is 113 Å². The van der Waals surface area contributed by atoms with E-state index in [0.29, 0.717) is 17.3 Å². The molecule has 0 heterocycles. The Morgan fingerprint density at radius 2 is 1.60 bits per heavy atom. The minimum absolute atomic E-state index is 0.502. The summed E-state index contributed by atoms with van der Waals surface area (Å²) in [5, 5.41) is 7.57. The highest BCUT2D eigenvalue weighted by Crippen LogP contribution is 2.69. The first-order chi connectivity index (χ1) is 20.8. The number of benzene rings is 2. The van der Waals surface area contributed by atoms with Crippen molar-refractivity contribution >= 4 is 24.3 Å². The van der Waals surface area contributed by atoms with E-state index in [2.05, 4.69) is 102 Å². The Morgan fingerprint density at radius 3 is 2.45 bits per heavy atom. The molecule has 0 aromatic heterocycles. The summed E-state index contributed by atoms with van der Waals surface area (Å²) in [5.74, 6) is 3.38. The lowest BCUT2D eigenvalue weighted by molar-refractivity contribution is 0.433. The van der Waals surface area contributed by atoms with Crippen molar-refractivity contribution in [2.75, 3.05) is 13.1 Å². The zero-order valence-electron chi connectivity index (χ0n) is 24.6. The van der Waals surface area contributed by atoms with E-state index in [1.165, 1.54) is 53.5 Å². The Hall–Kier alpha value is -3.20. The normalized spacial score (nSPS) is 31.5. The van der Waals surface area contributed by atoms with Crippen LogP contribution in [0.3, 0.4) is 0 Å². The molecule has 7 aliphatic carbocycles. The van der Waals surface area contributed by atoms with E-state index in [4.69, 9.17) is 0 Å². The van der Waals surface area contributed by atoms with Crippen LogP contribution in [0.5, 0.6) is 0 Å². The van der Waals surface area contributed by atoms with Crippen LogP contribution in [0.1, 0.15) is 94.9 Å². The first-order valence-electron chi connectivity index (χ1n) is 16.6. The van der Waals surface area contributed by atoms with Gasteiger partial charge in [-0.25, -0.2) is 0 Å². The van der Waals surface area contributed by atoms with Gasteiger partial charge in [-0.2, -0.15) is 0 Å². The van der Waals surface area contributed by atoms with E-state index < -0.39 is 0 Å². The van der Waals surface area contributed by atoms with Crippen LogP contribution in [-0.4, -0.2) is 13.1 Å². The molecule has 5 unspecified atom stereocenters. The standard InChI is InChI=1S/C40H42N2/c1-5-26-7-2-9-33-31(16-14-29-12-10-27(6-1)36(26)37(29)33)24-41-21-4-22-42-25-32-17-15-30-13-11-28-8-3-19-40-20-18-34(32)38(30)39(28)35(40)23-40/h1-2,5-6,9-18,20,27-28,35-36,39,41-42H,3-4,7-8,19,21-25H2/t27?,28?,35?,36?,39-,40?/m0/s1. The summed E-state index contributed by atoms with van der Waals surface area (Å²) in [5.41, 5.74) is 14.1. The summed E-state index contributed by atoms with van der Waals surface area (Å²) in [6, 6.07) is 9.48. The van der Waals surface area contributed by atoms with Gasteiger partial charge in [0.25, 0.3) is 0 Å². The number of hydrogen-bond acceptors (Lipinski definition) is 2. The van der Waals surface area contributed by atoms with Gasteiger partial charge in [0.1, 0.15) is 0 Å². The molecule has 2 fully saturated rings. The first kappa shape index (κ1) is 25.3. The van der Waals surface area contributed by atoms with Crippen molar-refractivity contribution in [3.63, 3.8) is 0 Å². The molecule has 2 saturated carbocycles. The lowest BCUT2D eigenvalue weighted by Crippen LogP contribution is -2.24. The predicted octanol–water partition coefficient (Wildman–Crippen LogP) is 8.54. The van der Waals surface area contributed by atoms with E-state index in [0.717, 1.165) is 56.8 Å². The summed E-state index contributed by atoms with van der Waals surface area (Å²) in [4.78, 5) is 0. The van der Waals surface area contributed by atoms with Crippen LogP contribution < -0.4 is 10.6 Å². The molecular formula is C40H42N2. The highest BCUT2D eigenvalue weighted by Gasteiger charge is 2.59. The maximum atomic E-state index is 3.80. The summed E-state index contributed by atoms with van der Waals surface area (Å²) in [7, 11) is 0. The summed E-state index contributed by atoms with van der Waals surface area (Å²) < 4.78 is 0. The van der Waals surface area contributed by atoms with Gasteiger partial charge in [0.2, 0.25) is 0 Å². The van der Waals surface area contributed by atoms with E-state index in [9.17, 15) is 0 Å². The largest absolute Gasteiger partial charge is 0.313 e. The van der Waals surface area contributed by atoms with Crippen molar-refractivity contribution in [2.45, 2.75) is 63.5 Å². The van der Waals surface area contributed by atoms with Crippen LogP contribution in [0.25, 0.3) is 24.3 Å². The second-order valence-corrected chi connectivity index (χ2v) is 14.0. The van der Waals surface area contributed by atoms with E-state index in [1.807, 2.05) is 0 Å². The first-order valence-corrected chi connectivity index (χ1v) is 16.6. The average molecular weight is 551 g/mol. The summed E-state index contributed by atoms with van der Waals surface area (Å²) >= 11 is 0. The molecule has 0 saturated heterocycles. The molecule has 9 rings (SSSR count). The predicted molar refractivity (Wildman–Crippen MR) is 176 cm³/mol. The lowest BCUT2D eigenvalue weighted by atomic mass is 9.71. The second-order valence-electron chi connectivity index (χ2n) is 14.0. The minimum Gasteiger partial charge on any atom is -0.313 e. The lowest BCUT2D eigenvalue weighted by Gasteiger charge is -2.33. The van der Waals surface area contributed by atoms with Crippen molar-refractivity contribution in [1.29, 1.82) is 0 Å². The molecule has 2 aromatic carbocycles. The molecule has 2 bridgehead atoms. The molecule has 2 nitrogen and oxygen atoms in total. The number of rotatable bonds is 8. The van der Waals surface area contributed by atoms with Crippen LogP contribution in [-0.2, 0) is 13.1 Å². The average Bonchev–Trinajstić information content (AvgIpc) is 3.79. The Morgan fingerprint density at radius 1 is 0.810 bits per heavy atom. The quantitative estimate of drug-likeness (QED) is 0.322. The van der Waals surface area contributed by atoms with Gasteiger partial charge in [0.05, 0.1) is 0 Å². The van der Waals surface area contributed by atoms with Gasteiger partial charge in [-0.1, -0.05) is 103 Å². The zero-order valence-corrected chi connectivity index (χ0v) is 24.6. The van der Waals surface area contributed by atoms with Gasteiger partial charge in [-0.3, -0.25) is 0 Å². The van der Waals surface area contributed by atoms with Crippen LogP contribution in [0, 0.1) is 23.2 Å². The van der Waals surface area contributed by atoms with Crippen molar-refractivity contribution in [3.05, 3.63) is 117 Å². The maximum Gasteiger partial charge on any atom is 0.0211 e. The van der Waals surface area contributed by atoms with Crippen molar-refractivity contribution < 1.29 is 0 Å². The Balaban J connectivity index is 0.839. The molecule has 0 amide bonds. The molecule has 0 spiro atoms. The molecule has 0 aliphatic heterocycles. The fraction of sp³-hybridized carbons (Fsp3) is 0.400. The summed E-state index contributed by atoms with van der Waals surface area (Å²) in [6.07, 6.45) is 34.4. The fourth-order valence-corrected chi connectivity index (χ4v) is 9.59. The monoisotopic (exact) mass is 550 g/mol. The smallest absolute Gasteiger partial charge is 0.0211 e. The van der Waals surface area contributed by atoms with Crippen LogP contribution >= 0.6 is 0 Å². The zero-order chi connectivity index (χ0) is 27.7. The minimum atomic E-state index is 0.502. The molecule has 2 N–H and O–H groups in total. The van der Waals surface area contributed by atoms with E-state index in [1.54, 1.807) is 22.3 Å². The fourth-order valence-electron chi connectivity index (χ4n) is 9.59. The topological polar surface area (TPSA) is 24.1 Å². The molecule has 2 heteroatoms. The van der Waals surface area contributed by atoms with Gasteiger partial charge in [0, 0.05) is 24.9 Å². The molecular weight excluding hydrogens is 508 g/mol. The van der Waals surface area contributed by atoms with Crippen LogP contribution in [0.4, 0.5) is 0 Å². The van der Waals surface area contributed by atoms with Crippen molar-refractivity contribution in [1.82, 2.24) is 10.6 Å². The second kappa shape index (κ2) is 9.93. The Bertz CT molecular complexity index is 1630. The summed E-state index contributed by atoms with van der Waals surface area (Å²) in [6.45, 7) is 3.97. The molecule has 212 valence electrons. The van der Waals surface area contributed by atoms with Gasteiger partial charge < -0.3 is 10.6 Å². The number of hydrogen-bond donors (Lipinski definition) is 2. The maximum absolute atomic E-state index is 3.80. The van der Waals surface area contributed by atoms with Gasteiger partial charge >= 0.3 is 0 Å². The molecule has 0 radical (unpaired) electrons. The van der Waals surface area contributed by atoms with Gasteiger partial charge in [-0.15, -0.1) is 0 Å². The van der Waals surface area contributed by atoms with Crippen LogP contribution in [0.15, 0.2) is 72.4 Å². The third-order valence-electron chi connectivity index (χ3n) is 11.7. The molecule has 6 atom stereocenters. The van der Waals surface area contributed by atoms with E-state index in [-0.39, 0.29) is 0 Å². The SMILES string of the molecule is C1=CC2C=Cc3ccc(CNCCCNCc4ccc5c6c4C=CC47CCCC(C=C5)[C@H]6C4C7)c4c3C2C(=C1)CC=C4. The number of nitrogens with one attached hydrogen (secondary N) is 2. The van der Waals surface area contributed by atoms with Gasteiger partial charge in [0.15, 0.2) is 0 Å².